The molecule has 3 aromatic rings. The first-order valence-electron chi connectivity index (χ1n) is 10.4. The molecule has 0 amide bonds. The molecule has 0 saturated carbocycles. The normalized spacial score (nSPS) is 10.8. The van der Waals surface area contributed by atoms with Crippen LogP contribution < -0.4 is 19.5 Å². The second-order valence-corrected chi connectivity index (χ2v) is 8.32. The van der Waals surface area contributed by atoms with E-state index in [1.165, 1.54) is 0 Å². The smallest absolute Gasteiger partial charge is 0.163 e. The van der Waals surface area contributed by atoms with Gasteiger partial charge in [-0.05, 0) is 60.8 Å². The van der Waals surface area contributed by atoms with E-state index in [2.05, 4.69) is 11.4 Å². The van der Waals surface area contributed by atoms with Crippen molar-refractivity contribution >= 4 is 34.8 Å². The Morgan fingerprint density at radius 1 is 0.781 bits per heavy atom. The van der Waals surface area contributed by atoms with Gasteiger partial charge in [-0.25, -0.2) is 0 Å². The number of para-hydroxylation sites is 1. The fourth-order valence-electron chi connectivity index (χ4n) is 3.24. The van der Waals surface area contributed by atoms with Crippen LogP contribution in [0.4, 0.5) is 0 Å². The van der Waals surface area contributed by atoms with E-state index < -0.39 is 0 Å². The van der Waals surface area contributed by atoms with Gasteiger partial charge in [-0.1, -0.05) is 59.1 Å². The predicted octanol–water partition coefficient (Wildman–Crippen LogP) is 6.97. The van der Waals surface area contributed by atoms with Crippen LogP contribution in [-0.4, -0.2) is 20.3 Å². The Balaban J connectivity index is 1.63. The number of ether oxygens (including phenoxy) is 3. The molecule has 0 aliphatic rings. The molecular formula is C25H26Cl3NO3. The molecule has 32 heavy (non-hydrogen) atoms. The molecule has 0 unspecified atom stereocenters. The van der Waals surface area contributed by atoms with Crippen molar-refractivity contribution in [2.24, 2.45) is 0 Å². The van der Waals surface area contributed by atoms with Gasteiger partial charge in [0.05, 0.1) is 23.8 Å². The van der Waals surface area contributed by atoms with Gasteiger partial charge in [0, 0.05) is 17.6 Å². The first kappa shape index (κ1) is 24.5. The molecule has 0 saturated heterocycles. The fraction of sp³-hybridized carbons (Fsp3) is 0.280. The molecule has 0 spiro atoms. The molecule has 0 aliphatic heterocycles. The van der Waals surface area contributed by atoms with Crippen LogP contribution in [0.15, 0.2) is 54.6 Å². The maximum Gasteiger partial charge on any atom is 0.163 e. The number of rotatable bonds is 11. The van der Waals surface area contributed by atoms with E-state index in [4.69, 9.17) is 49.0 Å². The number of benzene rings is 3. The molecule has 0 radical (unpaired) electrons. The summed E-state index contributed by atoms with van der Waals surface area (Å²) in [5, 5.41) is 5.05. The van der Waals surface area contributed by atoms with E-state index in [0.29, 0.717) is 46.3 Å². The van der Waals surface area contributed by atoms with E-state index in [9.17, 15) is 0 Å². The van der Waals surface area contributed by atoms with Gasteiger partial charge in [-0.2, -0.15) is 0 Å². The van der Waals surface area contributed by atoms with Crippen molar-refractivity contribution in [2.75, 3.05) is 20.3 Å². The summed E-state index contributed by atoms with van der Waals surface area (Å²) < 4.78 is 17.2. The summed E-state index contributed by atoms with van der Waals surface area (Å²) >= 11 is 18.6. The topological polar surface area (TPSA) is 39.7 Å². The maximum atomic E-state index is 6.54. The van der Waals surface area contributed by atoms with Crippen LogP contribution in [0.3, 0.4) is 0 Å². The molecule has 3 rings (SSSR count). The van der Waals surface area contributed by atoms with Crippen molar-refractivity contribution in [1.82, 2.24) is 5.32 Å². The van der Waals surface area contributed by atoms with Crippen molar-refractivity contribution in [3.63, 3.8) is 0 Å². The minimum absolute atomic E-state index is 0.323. The lowest BCUT2D eigenvalue weighted by Crippen LogP contribution is -2.17. The average Bonchev–Trinajstić information content (AvgIpc) is 2.80. The zero-order valence-corrected chi connectivity index (χ0v) is 20.4. The Labute approximate surface area is 204 Å². The molecule has 0 bridgehead atoms. The van der Waals surface area contributed by atoms with Gasteiger partial charge in [0.25, 0.3) is 0 Å². The molecule has 170 valence electrons. The zero-order valence-electron chi connectivity index (χ0n) is 18.1. The van der Waals surface area contributed by atoms with Crippen molar-refractivity contribution in [1.29, 1.82) is 0 Å². The van der Waals surface area contributed by atoms with Crippen LogP contribution in [0.2, 0.25) is 15.1 Å². The van der Waals surface area contributed by atoms with Crippen LogP contribution >= 0.6 is 34.8 Å². The van der Waals surface area contributed by atoms with Crippen LogP contribution in [0.25, 0.3) is 0 Å². The van der Waals surface area contributed by atoms with Crippen LogP contribution in [0.1, 0.15) is 23.6 Å². The predicted molar refractivity (Wildman–Crippen MR) is 132 cm³/mol. The number of nitrogens with one attached hydrogen (secondary N) is 1. The molecule has 0 heterocycles. The third-order valence-corrected chi connectivity index (χ3v) is 5.96. The van der Waals surface area contributed by atoms with Crippen LogP contribution in [-0.2, 0) is 19.6 Å². The lowest BCUT2D eigenvalue weighted by molar-refractivity contribution is 0.269. The van der Waals surface area contributed by atoms with Crippen molar-refractivity contribution in [3.05, 3.63) is 86.4 Å². The number of hydrogen-bond acceptors (Lipinski definition) is 4. The van der Waals surface area contributed by atoms with Gasteiger partial charge >= 0.3 is 0 Å². The zero-order chi connectivity index (χ0) is 22.9. The van der Waals surface area contributed by atoms with E-state index in [1.807, 2.05) is 37.3 Å². The summed E-state index contributed by atoms with van der Waals surface area (Å²) in [4.78, 5) is 0. The third-order valence-electron chi connectivity index (χ3n) is 4.87. The van der Waals surface area contributed by atoms with Crippen LogP contribution in [0, 0.1) is 0 Å². The van der Waals surface area contributed by atoms with Crippen molar-refractivity contribution in [2.45, 2.75) is 26.5 Å². The Morgan fingerprint density at radius 2 is 1.56 bits per heavy atom. The highest BCUT2D eigenvalue weighted by atomic mass is 35.5. The number of methoxy groups -OCH3 is 1. The highest BCUT2D eigenvalue weighted by Crippen LogP contribution is 2.34. The van der Waals surface area contributed by atoms with E-state index in [0.717, 1.165) is 35.4 Å². The summed E-state index contributed by atoms with van der Waals surface area (Å²) in [5.41, 5.74) is 3.01. The summed E-state index contributed by atoms with van der Waals surface area (Å²) in [7, 11) is 1.69. The Morgan fingerprint density at radius 3 is 2.31 bits per heavy atom. The number of halogens is 3. The quantitative estimate of drug-likeness (QED) is 0.292. The first-order chi connectivity index (χ1) is 15.5. The molecule has 0 aromatic heterocycles. The molecule has 3 aromatic carbocycles. The van der Waals surface area contributed by atoms with Crippen LogP contribution in [0.5, 0.6) is 17.2 Å². The van der Waals surface area contributed by atoms with Crippen molar-refractivity contribution < 1.29 is 14.2 Å². The van der Waals surface area contributed by atoms with E-state index >= 15 is 0 Å². The molecule has 1 N–H and O–H groups in total. The summed E-state index contributed by atoms with van der Waals surface area (Å²) in [6, 6.07) is 17.1. The Bertz CT molecular complexity index is 1040. The summed E-state index contributed by atoms with van der Waals surface area (Å²) in [5.74, 6) is 2.13. The van der Waals surface area contributed by atoms with Gasteiger partial charge in [0.2, 0.25) is 0 Å². The summed E-state index contributed by atoms with van der Waals surface area (Å²) in [6.45, 7) is 4.18. The minimum atomic E-state index is 0.323. The van der Waals surface area contributed by atoms with Gasteiger partial charge in [-0.15, -0.1) is 0 Å². The second kappa shape index (κ2) is 12.2. The Kier molecular flexibility index (Phi) is 9.36. The van der Waals surface area contributed by atoms with E-state index in [-0.39, 0.29) is 0 Å². The van der Waals surface area contributed by atoms with Gasteiger partial charge in [-0.3, -0.25) is 0 Å². The molecule has 4 nitrogen and oxygen atoms in total. The lowest BCUT2D eigenvalue weighted by Gasteiger charge is -2.16. The molecule has 7 heteroatoms. The summed E-state index contributed by atoms with van der Waals surface area (Å²) in [6.07, 6.45) is 0.852. The largest absolute Gasteiger partial charge is 0.496 e. The number of hydrogen-bond donors (Lipinski definition) is 1. The van der Waals surface area contributed by atoms with Crippen molar-refractivity contribution in [3.8, 4) is 17.2 Å². The average molecular weight is 495 g/mol. The third kappa shape index (κ3) is 6.69. The highest BCUT2D eigenvalue weighted by molar-refractivity contribution is 6.42. The SMILES string of the molecule is CCOc1cc(CNCCc2ccccc2OC)c(Cl)cc1OCc1ccc(Cl)c(Cl)c1. The maximum absolute atomic E-state index is 6.54. The standard InChI is InChI=1S/C25H26Cl3NO3/c1-3-31-24-13-19(15-29-11-10-18-6-4-5-7-23(18)30-2)21(27)14-25(24)32-16-17-8-9-20(26)22(28)12-17/h4-9,12-14,29H,3,10-11,15-16H2,1-2H3. The first-order valence-corrected chi connectivity index (χ1v) is 11.5. The molecule has 0 aliphatic carbocycles. The van der Waals surface area contributed by atoms with Gasteiger partial charge in [0.15, 0.2) is 11.5 Å². The van der Waals surface area contributed by atoms with E-state index in [1.54, 1.807) is 25.3 Å². The Hall–Kier alpha value is -2.11. The fourth-order valence-corrected chi connectivity index (χ4v) is 3.78. The second-order valence-electron chi connectivity index (χ2n) is 7.10. The highest BCUT2D eigenvalue weighted by Gasteiger charge is 2.12. The minimum Gasteiger partial charge on any atom is -0.496 e. The van der Waals surface area contributed by atoms with Gasteiger partial charge in [0.1, 0.15) is 12.4 Å². The van der Waals surface area contributed by atoms with Gasteiger partial charge < -0.3 is 19.5 Å². The lowest BCUT2D eigenvalue weighted by atomic mass is 10.1. The molecule has 0 atom stereocenters. The molecular weight excluding hydrogens is 469 g/mol. The monoisotopic (exact) mass is 493 g/mol. The molecule has 0 fully saturated rings.